The van der Waals surface area contributed by atoms with E-state index in [0.29, 0.717) is 5.02 Å². The van der Waals surface area contributed by atoms with Gasteiger partial charge in [0.1, 0.15) is 0 Å². The quantitative estimate of drug-likeness (QED) is 0.865. The van der Waals surface area contributed by atoms with Crippen molar-refractivity contribution < 1.29 is 9.90 Å². The Bertz CT molecular complexity index is 426. The number of halogens is 1. The van der Waals surface area contributed by atoms with Crippen LogP contribution in [0.2, 0.25) is 5.02 Å². The Kier molecular flexibility index (Phi) is 4.30. The van der Waals surface area contributed by atoms with Crippen LogP contribution in [-0.4, -0.2) is 11.1 Å². The summed E-state index contributed by atoms with van der Waals surface area (Å²) in [4.78, 5) is 12.0. The van der Waals surface area contributed by atoms with Crippen LogP contribution in [-0.2, 0) is 4.79 Å². The maximum absolute atomic E-state index is 11.0. The molecule has 1 heterocycles. The molecule has 1 atom stereocenters. The summed E-state index contributed by atoms with van der Waals surface area (Å²) < 4.78 is 0. The molecule has 1 aromatic heterocycles. The Morgan fingerprint density at radius 3 is 2.72 bits per heavy atom. The van der Waals surface area contributed by atoms with Crippen LogP contribution >= 0.6 is 22.9 Å². The van der Waals surface area contributed by atoms with Crippen LogP contribution in [0, 0.1) is 5.41 Å². The highest BCUT2D eigenvalue weighted by Crippen LogP contribution is 2.47. The van der Waals surface area contributed by atoms with Crippen LogP contribution in [0.5, 0.6) is 0 Å². The largest absolute Gasteiger partial charge is 0.481 e. The first-order chi connectivity index (χ1) is 8.52. The van der Waals surface area contributed by atoms with E-state index in [-0.39, 0.29) is 17.9 Å². The van der Waals surface area contributed by atoms with Gasteiger partial charge >= 0.3 is 5.97 Å². The number of carbonyl (C=O) groups is 1. The third-order valence-electron chi connectivity index (χ3n) is 3.82. The maximum Gasteiger partial charge on any atom is 0.303 e. The maximum atomic E-state index is 11.0. The molecule has 3 N–H and O–H groups in total. The van der Waals surface area contributed by atoms with Gasteiger partial charge in [0.05, 0.1) is 11.4 Å². The minimum Gasteiger partial charge on any atom is -0.481 e. The molecule has 18 heavy (non-hydrogen) atoms. The van der Waals surface area contributed by atoms with Gasteiger partial charge in [-0.25, -0.2) is 0 Å². The topological polar surface area (TPSA) is 63.3 Å². The van der Waals surface area contributed by atoms with Crippen molar-refractivity contribution in [2.24, 2.45) is 11.1 Å². The summed E-state index contributed by atoms with van der Waals surface area (Å²) in [7, 11) is 0. The Labute approximate surface area is 116 Å². The van der Waals surface area contributed by atoms with E-state index in [9.17, 15) is 4.79 Å². The van der Waals surface area contributed by atoms with Crippen LogP contribution in [0.3, 0.4) is 0 Å². The van der Waals surface area contributed by atoms with E-state index in [2.05, 4.69) is 0 Å². The molecule has 0 saturated heterocycles. The summed E-state index contributed by atoms with van der Waals surface area (Å²) in [5.74, 6) is -0.721. The van der Waals surface area contributed by atoms with Gasteiger partial charge in [-0.1, -0.05) is 24.4 Å². The van der Waals surface area contributed by atoms with Gasteiger partial charge in [-0.3, -0.25) is 4.79 Å². The first-order valence-electron chi connectivity index (χ1n) is 6.23. The first-order valence-corrected chi connectivity index (χ1v) is 7.48. The molecule has 1 aliphatic carbocycles. The summed E-state index contributed by atoms with van der Waals surface area (Å²) in [5, 5.41) is 11.7. The highest BCUT2D eigenvalue weighted by Gasteiger charge is 2.38. The average Bonchev–Trinajstić information content (AvgIpc) is 2.86. The van der Waals surface area contributed by atoms with E-state index in [1.54, 1.807) is 11.3 Å². The van der Waals surface area contributed by atoms with E-state index < -0.39 is 5.97 Å². The summed E-state index contributed by atoms with van der Waals surface area (Å²) in [6.07, 6.45) is 5.10. The van der Waals surface area contributed by atoms with Gasteiger partial charge in [0, 0.05) is 10.9 Å². The summed E-state index contributed by atoms with van der Waals surface area (Å²) in [6.45, 7) is 0. The fourth-order valence-corrected chi connectivity index (χ4v) is 4.23. The third kappa shape index (κ3) is 3.05. The molecular weight excluding hydrogens is 270 g/mol. The Balaban J connectivity index is 2.10. The van der Waals surface area contributed by atoms with E-state index in [1.165, 1.54) is 0 Å². The highest BCUT2D eigenvalue weighted by molar-refractivity contribution is 7.10. The van der Waals surface area contributed by atoms with Gasteiger partial charge in [0.15, 0.2) is 0 Å². The lowest BCUT2D eigenvalue weighted by molar-refractivity contribution is -0.139. The Morgan fingerprint density at radius 1 is 1.56 bits per heavy atom. The molecule has 0 bridgehead atoms. The predicted octanol–water partition coefficient (Wildman–Crippen LogP) is 3.83. The molecule has 0 aromatic carbocycles. The summed E-state index contributed by atoms with van der Waals surface area (Å²) >= 11 is 7.64. The monoisotopic (exact) mass is 287 g/mol. The number of hydrogen-bond donors (Lipinski definition) is 2. The minimum atomic E-state index is -0.721. The molecule has 1 aliphatic rings. The van der Waals surface area contributed by atoms with Crippen molar-refractivity contribution in [3.8, 4) is 0 Å². The third-order valence-corrected chi connectivity index (χ3v) is 5.32. The van der Waals surface area contributed by atoms with Crippen LogP contribution in [0.4, 0.5) is 0 Å². The lowest BCUT2D eigenvalue weighted by atomic mass is 9.77. The van der Waals surface area contributed by atoms with E-state index in [1.807, 2.05) is 11.4 Å². The van der Waals surface area contributed by atoms with Gasteiger partial charge in [0.25, 0.3) is 0 Å². The van der Waals surface area contributed by atoms with E-state index in [4.69, 9.17) is 22.4 Å². The molecule has 1 unspecified atom stereocenters. The lowest BCUT2D eigenvalue weighted by Crippen LogP contribution is -2.26. The fraction of sp³-hybridized carbons (Fsp3) is 0.615. The molecular formula is C13H18ClNO2S. The van der Waals surface area contributed by atoms with E-state index in [0.717, 1.165) is 37.0 Å². The van der Waals surface area contributed by atoms with Crippen molar-refractivity contribution in [2.75, 3.05) is 0 Å². The molecule has 1 fully saturated rings. The zero-order valence-electron chi connectivity index (χ0n) is 10.2. The number of thiophene rings is 1. The number of rotatable bonds is 5. The molecule has 0 aliphatic heterocycles. The van der Waals surface area contributed by atoms with Gasteiger partial charge in [0.2, 0.25) is 0 Å². The second-order valence-corrected chi connectivity index (χ2v) is 6.58. The number of aliphatic carboxylic acids is 1. The van der Waals surface area contributed by atoms with Gasteiger partial charge in [-0.2, -0.15) is 0 Å². The normalized spacial score (nSPS) is 19.9. The second kappa shape index (κ2) is 5.59. The van der Waals surface area contributed by atoms with Crippen molar-refractivity contribution in [1.82, 2.24) is 0 Å². The molecule has 0 spiro atoms. The predicted molar refractivity (Wildman–Crippen MR) is 74.0 cm³/mol. The van der Waals surface area contributed by atoms with Crippen LogP contribution < -0.4 is 5.73 Å². The van der Waals surface area contributed by atoms with Crippen LogP contribution in [0.25, 0.3) is 0 Å². The number of nitrogens with two attached hydrogens (primary N) is 1. The Hall–Kier alpha value is -0.580. The zero-order chi connectivity index (χ0) is 13.2. The first kappa shape index (κ1) is 13.8. The van der Waals surface area contributed by atoms with Gasteiger partial charge in [-0.05, 0) is 36.1 Å². The molecule has 0 amide bonds. The molecule has 1 saturated carbocycles. The minimum absolute atomic E-state index is 0.126. The molecule has 5 heteroatoms. The molecule has 100 valence electrons. The Morgan fingerprint density at radius 2 is 2.22 bits per heavy atom. The van der Waals surface area contributed by atoms with Gasteiger partial charge < -0.3 is 10.8 Å². The van der Waals surface area contributed by atoms with Crippen molar-refractivity contribution in [1.29, 1.82) is 0 Å². The highest BCUT2D eigenvalue weighted by atomic mass is 35.5. The number of carboxylic acid groups (broad SMARTS) is 1. The standard InChI is InChI=1S/C13H18ClNO2S/c14-9-3-6-18-12(9)10(15)7-13(8-11(16)17)4-1-2-5-13/h3,6,10H,1-2,4-5,7-8,15H2,(H,16,17). The lowest BCUT2D eigenvalue weighted by Gasteiger charge is -2.30. The van der Waals surface area contributed by atoms with Crippen molar-refractivity contribution in [3.05, 3.63) is 21.3 Å². The molecule has 1 aromatic rings. The SMILES string of the molecule is NC(CC1(CC(=O)O)CCCC1)c1sccc1Cl. The van der Waals surface area contributed by atoms with E-state index >= 15 is 0 Å². The van der Waals surface area contributed by atoms with Gasteiger partial charge in [-0.15, -0.1) is 11.3 Å². The van der Waals surface area contributed by atoms with Crippen molar-refractivity contribution in [3.63, 3.8) is 0 Å². The molecule has 3 nitrogen and oxygen atoms in total. The number of hydrogen-bond acceptors (Lipinski definition) is 3. The summed E-state index contributed by atoms with van der Waals surface area (Å²) in [6, 6.07) is 1.70. The second-order valence-electron chi connectivity index (χ2n) is 5.22. The smallest absolute Gasteiger partial charge is 0.303 e. The average molecular weight is 288 g/mol. The number of carboxylic acids is 1. The zero-order valence-corrected chi connectivity index (χ0v) is 11.8. The van der Waals surface area contributed by atoms with Crippen molar-refractivity contribution in [2.45, 2.75) is 44.6 Å². The van der Waals surface area contributed by atoms with Crippen molar-refractivity contribution >= 4 is 28.9 Å². The fourth-order valence-electron chi connectivity index (χ4n) is 3.03. The van der Waals surface area contributed by atoms with Crippen LogP contribution in [0.1, 0.15) is 49.4 Å². The summed E-state index contributed by atoms with van der Waals surface area (Å²) in [5.41, 5.74) is 6.09. The molecule has 0 radical (unpaired) electrons. The van der Waals surface area contributed by atoms with Crippen LogP contribution in [0.15, 0.2) is 11.4 Å². The molecule has 2 rings (SSSR count).